The first-order valence-electron chi connectivity index (χ1n) is 7.24. The van der Waals surface area contributed by atoms with E-state index in [2.05, 4.69) is 40.5 Å². The van der Waals surface area contributed by atoms with Gasteiger partial charge in [0, 0.05) is 25.7 Å². The van der Waals surface area contributed by atoms with Gasteiger partial charge in [0.1, 0.15) is 5.76 Å². The Morgan fingerprint density at radius 1 is 1.29 bits per heavy atom. The Morgan fingerprint density at radius 3 is 2.90 bits per heavy atom. The van der Waals surface area contributed by atoms with Crippen molar-refractivity contribution in [2.24, 2.45) is 4.99 Å². The second-order valence-corrected chi connectivity index (χ2v) is 4.72. The molecule has 0 aliphatic carbocycles. The lowest BCUT2D eigenvalue weighted by Crippen LogP contribution is -2.38. The third-order valence-corrected chi connectivity index (χ3v) is 3.09. The normalized spacial score (nSPS) is 11.4. The lowest BCUT2D eigenvalue weighted by molar-refractivity contribution is 0.507. The van der Waals surface area contributed by atoms with Crippen molar-refractivity contribution in [3.8, 4) is 0 Å². The van der Waals surface area contributed by atoms with E-state index in [1.807, 2.05) is 18.2 Å². The number of nitrogens with zero attached hydrogens (tertiary/aromatic N) is 2. The first-order valence-corrected chi connectivity index (χ1v) is 7.24. The first-order chi connectivity index (χ1) is 10.3. The van der Waals surface area contributed by atoms with Crippen LogP contribution in [0.25, 0.3) is 0 Å². The zero-order valence-electron chi connectivity index (χ0n) is 12.6. The van der Waals surface area contributed by atoms with Crippen LogP contribution in [0.4, 0.5) is 0 Å². The van der Waals surface area contributed by atoms with Crippen molar-refractivity contribution in [3.05, 3.63) is 53.7 Å². The Morgan fingerprint density at radius 2 is 2.19 bits per heavy atom. The van der Waals surface area contributed by atoms with Gasteiger partial charge >= 0.3 is 0 Å². The van der Waals surface area contributed by atoms with E-state index in [4.69, 9.17) is 4.42 Å². The Kier molecular flexibility index (Phi) is 5.82. The van der Waals surface area contributed by atoms with E-state index in [1.54, 1.807) is 12.5 Å². The summed E-state index contributed by atoms with van der Waals surface area (Å²) < 4.78 is 5.31. The molecule has 0 unspecified atom stereocenters. The van der Waals surface area contributed by atoms with Gasteiger partial charge in [-0.3, -0.25) is 4.98 Å². The number of pyridine rings is 1. The van der Waals surface area contributed by atoms with Crippen molar-refractivity contribution in [1.29, 1.82) is 0 Å². The van der Waals surface area contributed by atoms with Crippen LogP contribution in [-0.2, 0) is 13.0 Å². The van der Waals surface area contributed by atoms with E-state index < -0.39 is 0 Å². The van der Waals surface area contributed by atoms with Crippen LogP contribution >= 0.6 is 0 Å². The maximum atomic E-state index is 5.31. The molecule has 0 saturated carbocycles. The fourth-order valence-electron chi connectivity index (χ4n) is 1.94. The molecule has 0 atom stereocenters. The topological polar surface area (TPSA) is 62.5 Å². The molecule has 5 nitrogen and oxygen atoms in total. The number of guanidine groups is 1. The van der Waals surface area contributed by atoms with Crippen molar-refractivity contribution in [2.45, 2.75) is 26.8 Å². The van der Waals surface area contributed by atoms with E-state index >= 15 is 0 Å². The molecule has 0 aromatic carbocycles. The monoisotopic (exact) mass is 286 g/mol. The lowest BCUT2D eigenvalue weighted by Gasteiger charge is -2.11. The number of nitrogens with one attached hydrogen (secondary N) is 2. The van der Waals surface area contributed by atoms with E-state index in [9.17, 15) is 0 Å². The van der Waals surface area contributed by atoms with Gasteiger partial charge in [-0.1, -0.05) is 6.07 Å². The highest BCUT2D eigenvalue weighted by Crippen LogP contribution is 2.04. The van der Waals surface area contributed by atoms with Crippen LogP contribution in [0.2, 0.25) is 0 Å². The summed E-state index contributed by atoms with van der Waals surface area (Å²) in [4.78, 5) is 8.92. The zero-order chi connectivity index (χ0) is 14.9. The fourth-order valence-corrected chi connectivity index (χ4v) is 1.94. The largest absolute Gasteiger partial charge is 0.469 e. The molecule has 0 radical (unpaired) electrons. The minimum Gasteiger partial charge on any atom is -0.469 e. The van der Waals surface area contributed by atoms with Crippen LogP contribution in [0.5, 0.6) is 0 Å². The van der Waals surface area contributed by atoms with Gasteiger partial charge in [0.25, 0.3) is 0 Å². The van der Waals surface area contributed by atoms with Crippen molar-refractivity contribution in [2.75, 3.05) is 13.1 Å². The molecular formula is C16H22N4O. The fraction of sp³-hybridized carbons (Fsp3) is 0.375. The Hall–Kier alpha value is -2.30. The SMILES string of the molecule is CCNC(=NCc1ncccc1C)NCCc1ccco1. The Balaban J connectivity index is 1.88. The predicted octanol–water partition coefficient (Wildman–Crippen LogP) is 2.28. The number of hydrogen-bond acceptors (Lipinski definition) is 3. The molecule has 0 spiro atoms. The van der Waals surface area contributed by atoms with Gasteiger partial charge in [-0.2, -0.15) is 0 Å². The maximum absolute atomic E-state index is 5.31. The van der Waals surface area contributed by atoms with Crippen LogP contribution < -0.4 is 10.6 Å². The summed E-state index contributed by atoms with van der Waals surface area (Å²) in [6.45, 7) is 6.28. The van der Waals surface area contributed by atoms with Gasteiger partial charge in [0.15, 0.2) is 5.96 Å². The smallest absolute Gasteiger partial charge is 0.191 e. The summed E-state index contributed by atoms with van der Waals surface area (Å²) in [6, 6.07) is 7.87. The highest BCUT2D eigenvalue weighted by molar-refractivity contribution is 5.79. The average Bonchev–Trinajstić information content (AvgIpc) is 2.99. The molecule has 0 fully saturated rings. The maximum Gasteiger partial charge on any atom is 0.191 e. The van der Waals surface area contributed by atoms with Gasteiger partial charge in [0.2, 0.25) is 0 Å². The van der Waals surface area contributed by atoms with Crippen molar-refractivity contribution in [3.63, 3.8) is 0 Å². The summed E-state index contributed by atoms with van der Waals surface area (Å²) in [5.74, 6) is 1.77. The molecule has 0 amide bonds. The van der Waals surface area contributed by atoms with Crippen LogP contribution in [-0.4, -0.2) is 24.0 Å². The minimum absolute atomic E-state index is 0.572. The Bertz CT molecular complexity index is 563. The highest BCUT2D eigenvalue weighted by atomic mass is 16.3. The number of aromatic nitrogens is 1. The molecule has 2 rings (SSSR count). The molecule has 2 aromatic rings. The molecule has 2 heterocycles. The molecule has 21 heavy (non-hydrogen) atoms. The van der Waals surface area contributed by atoms with E-state index in [1.165, 1.54) is 0 Å². The molecule has 0 bridgehead atoms. The molecule has 0 saturated heterocycles. The van der Waals surface area contributed by atoms with Gasteiger partial charge in [-0.15, -0.1) is 0 Å². The third kappa shape index (κ3) is 4.95. The number of furan rings is 1. The third-order valence-electron chi connectivity index (χ3n) is 3.09. The molecule has 112 valence electrons. The van der Waals surface area contributed by atoms with Gasteiger partial charge in [0.05, 0.1) is 18.5 Å². The number of rotatable bonds is 6. The van der Waals surface area contributed by atoms with E-state index in [-0.39, 0.29) is 0 Å². The van der Waals surface area contributed by atoms with Gasteiger partial charge in [-0.25, -0.2) is 4.99 Å². The van der Waals surface area contributed by atoms with E-state index in [0.717, 1.165) is 42.5 Å². The second kappa shape index (κ2) is 8.09. The minimum atomic E-state index is 0.572. The molecule has 2 aromatic heterocycles. The Labute approximate surface area is 125 Å². The summed E-state index contributed by atoms with van der Waals surface area (Å²) in [5, 5.41) is 6.53. The van der Waals surface area contributed by atoms with Gasteiger partial charge in [-0.05, 0) is 37.6 Å². The van der Waals surface area contributed by atoms with Crippen LogP contribution in [0.1, 0.15) is 23.9 Å². The zero-order valence-corrected chi connectivity index (χ0v) is 12.6. The second-order valence-electron chi connectivity index (χ2n) is 4.72. The number of hydrogen-bond donors (Lipinski definition) is 2. The van der Waals surface area contributed by atoms with Crippen molar-refractivity contribution >= 4 is 5.96 Å². The number of aliphatic imine (C=N–C) groups is 1. The highest BCUT2D eigenvalue weighted by Gasteiger charge is 2.01. The summed E-state index contributed by atoms with van der Waals surface area (Å²) in [5.41, 5.74) is 2.16. The molecule has 5 heteroatoms. The standard InChI is InChI=1S/C16H22N4O/c1-3-17-16(19-10-8-14-7-5-11-21-14)20-12-15-13(2)6-4-9-18-15/h4-7,9,11H,3,8,10,12H2,1-2H3,(H2,17,19,20). The molecule has 0 aliphatic heterocycles. The first kappa shape index (κ1) is 15.1. The summed E-state index contributed by atoms with van der Waals surface area (Å²) in [7, 11) is 0. The lowest BCUT2D eigenvalue weighted by atomic mass is 10.2. The quantitative estimate of drug-likeness (QED) is 0.632. The average molecular weight is 286 g/mol. The number of aryl methyl sites for hydroxylation is 1. The van der Waals surface area contributed by atoms with Crippen LogP contribution in [0.15, 0.2) is 46.1 Å². The summed E-state index contributed by atoms with van der Waals surface area (Å²) in [6.07, 6.45) is 4.33. The predicted molar refractivity (Wildman–Crippen MR) is 84.2 cm³/mol. The van der Waals surface area contributed by atoms with E-state index in [0.29, 0.717) is 6.54 Å². The summed E-state index contributed by atoms with van der Waals surface area (Å²) >= 11 is 0. The molecule has 2 N–H and O–H groups in total. The van der Waals surface area contributed by atoms with Crippen molar-refractivity contribution in [1.82, 2.24) is 15.6 Å². The van der Waals surface area contributed by atoms with Crippen LogP contribution in [0.3, 0.4) is 0 Å². The molecule has 0 aliphatic rings. The van der Waals surface area contributed by atoms with Crippen LogP contribution in [0, 0.1) is 6.92 Å². The molecular weight excluding hydrogens is 264 g/mol. The van der Waals surface area contributed by atoms with Crippen molar-refractivity contribution < 1.29 is 4.42 Å². The van der Waals surface area contributed by atoms with Gasteiger partial charge < -0.3 is 15.1 Å².